The SMILES string of the molecule is CCOC(=O)c1ccc(N2C(=O)/C(=C/c3ccc(N(C)C)c([N+](=O)[O-])c3)c3ccccc3C2=O)cc1. The molecule has 3 aromatic carbocycles. The molecule has 0 saturated heterocycles. The van der Waals surface area contributed by atoms with E-state index in [1.54, 1.807) is 68.4 Å². The predicted molar refractivity (Wildman–Crippen MR) is 136 cm³/mol. The van der Waals surface area contributed by atoms with Crippen LogP contribution in [0.15, 0.2) is 66.7 Å². The van der Waals surface area contributed by atoms with E-state index in [9.17, 15) is 24.5 Å². The normalized spacial score (nSPS) is 14.0. The van der Waals surface area contributed by atoms with Crippen LogP contribution in [0.1, 0.15) is 38.8 Å². The lowest BCUT2D eigenvalue weighted by Crippen LogP contribution is -2.41. The molecule has 0 radical (unpaired) electrons. The second-order valence-electron chi connectivity index (χ2n) is 8.22. The fourth-order valence-electron chi connectivity index (χ4n) is 4.01. The predicted octanol–water partition coefficient (Wildman–Crippen LogP) is 4.57. The zero-order valence-electron chi connectivity index (χ0n) is 19.9. The molecule has 0 aliphatic carbocycles. The minimum atomic E-state index is -0.582. The Morgan fingerprint density at radius 2 is 1.67 bits per heavy atom. The number of amides is 2. The van der Waals surface area contributed by atoms with Crippen LogP contribution in [0.2, 0.25) is 0 Å². The van der Waals surface area contributed by atoms with Gasteiger partial charge in [0.2, 0.25) is 0 Å². The van der Waals surface area contributed by atoms with Crippen LogP contribution < -0.4 is 9.80 Å². The number of esters is 1. The van der Waals surface area contributed by atoms with Gasteiger partial charge >= 0.3 is 5.97 Å². The molecular weight excluding hydrogens is 462 g/mol. The molecule has 1 heterocycles. The smallest absolute Gasteiger partial charge is 0.338 e. The first-order valence-corrected chi connectivity index (χ1v) is 11.2. The van der Waals surface area contributed by atoms with Crippen molar-refractivity contribution in [3.63, 3.8) is 0 Å². The number of carbonyl (C=O) groups excluding carboxylic acids is 3. The number of nitrogens with zero attached hydrogens (tertiary/aromatic N) is 3. The summed E-state index contributed by atoms with van der Waals surface area (Å²) < 4.78 is 4.99. The summed E-state index contributed by atoms with van der Waals surface area (Å²) in [6.07, 6.45) is 1.54. The summed E-state index contributed by atoms with van der Waals surface area (Å²) >= 11 is 0. The van der Waals surface area contributed by atoms with Crippen LogP contribution >= 0.6 is 0 Å². The highest BCUT2D eigenvalue weighted by molar-refractivity contribution is 6.43. The van der Waals surface area contributed by atoms with Crippen molar-refractivity contribution < 1.29 is 24.0 Å². The molecule has 0 unspecified atom stereocenters. The number of nitro groups is 1. The van der Waals surface area contributed by atoms with Gasteiger partial charge in [-0.3, -0.25) is 19.7 Å². The number of fused-ring (bicyclic) bond motifs is 1. The van der Waals surface area contributed by atoms with E-state index < -0.39 is 22.7 Å². The number of nitro benzene ring substituents is 1. The van der Waals surface area contributed by atoms with Crippen molar-refractivity contribution in [2.45, 2.75) is 6.92 Å². The first kappa shape index (κ1) is 24.3. The lowest BCUT2D eigenvalue weighted by molar-refractivity contribution is -0.384. The van der Waals surface area contributed by atoms with Gasteiger partial charge in [-0.15, -0.1) is 0 Å². The number of hydrogen-bond donors (Lipinski definition) is 0. The van der Waals surface area contributed by atoms with Gasteiger partial charge in [-0.2, -0.15) is 0 Å². The highest BCUT2D eigenvalue weighted by atomic mass is 16.6. The summed E-state index contributed by atoms with van der Waals surface area (Å²) in [6.45, 7) is 1.92. The first-order chi connectivity index (χ1) is 17.2. The van der Waals surface area contributed by atoms with Crippen LogP contribution in [0.3, 0.4) is 0 Å². The van der Waals surface area contributed by atoms with Crippen molar-refractivity contribution in [3.05, 3.63) is 99.1 Å². The Balaban J connectivity index is 1.81. The van der Waals surface area contributed by atoms with Crippen LogP contribution in [0.25, 0.3) is 11.6 Å². The molecular formula is C27H23N3O6. The van der Waals surface area contributed by atoms with Gasteiger partial charge in [0.25, 0.3) is 17.5 Å². The maximum absolute atomic E-state index is 13.6. The largest absolute Gasteiger partial charge is 0.462 e. The minimum Gasteiger partial charge on any atom is -0.462 e. The highest BCUT2D eigenvalue weighted by Gasteiger charge is 2.36. The Morgan fingerprint density at radius 1 is 1.00 bits per heavy atom. The summed E-state index contributed by atoms with van der Waals surface area (Å²) in [5.74, 6) is -1.60. The Hall–Kier alpha value is -4.79. The van der Waals surface area contributed by atoms with Crippen molar-refractivity contribution in [3.8, 4) is 0 Å². The number of ether oxygens (including phenoxy) is 1. The molecule has 0 atom stereocenters. The standard InChI is InChI=1S/C27H23N3O6/c1-4-36-27(33)18-10-12-19(13-11-18)29-25(31)21-8-6-5-7-20(21)22(26(29)32)15-17-9-14-23(28(2)3)24(16-17)30(34)35/h5-16H,4H2,1-3H3/b22-15+. The van der Waals surface area contributed by atoms with Gasteiger partial charge in [-0.05, 0) is 60.5 Å². The molecule has 1 aliphatic rings. The molecule has 3 aromatic rings. The van der Waals surface area contributed by atoms with Gasteiger partial charge in [0, 0.05) is 31.3 Å². The number of carbonyl (C=O) groups is 3. The number of hydrogen-bond acceptors (Lipinski definition) is 7. The molecule has 0 fully saturated rings. The van der Waals surface area contributed by atoms with E-state index in [1.165, 1.54) is 30.3 Å². The van der Waals surface area contributed by atoms with E-state index in [4.69, 9.17) is 4.74 Å². The van der Waals surface area contributed by atoms with E-state index in [0.717, 1.165) is 4.90 Å². The Bertz CT molecular complexity index is 1410. The molecule has 0 N–H and O–H groups in total. The van der Waals surface area contributed by atoms with Crippen molar-refractivity contribution in [1.29, 1.82) is 0 Å². The first-order valence-electron chi connectivity index (χ1n) is 11.2. The van der Waals surface area contributed by atoms with E-state index >= 15 is 0 Å². The molecule has 182 valence electrons. The average Bonchev–Trinajstić information content (AvgIpc) is 2.87. The van der Waals surface area contributed by atoms with E-state index in [-0.39, 0.29) is 23.6 Å². The molecule has 4 rings (SSSR count). The van der Waals surface area contributed by atoms with Crippen molar-refractivity contribution in [1.82, 2.24) is 0 Å². The van der Waals surface area contributed by atoms with Crippen LogP contribution in [0, 0.1) is 10.1 Å². The van der Waals surface area contributed by atoms with Gasteiger partial charge in [0.15, 0.2) is 0 Å². The van der Waals surface area contributed by atoms with Gasteiger partial charge < -0.3 is 9.64 Å². The van der Waals surface area contributed by atoms with E-state index in [2.05, 4.69) is 0 Å². The van der Waals surface area contributed by atoms with Gasteiger partial charge in [-0.25, -0.2) is 9.69 Å². The quantitative estimate of drug-likeness (QED) is 0.165. The molecule has 9 nitrogen and oxygen atoms in total. The third kappa shape index (κ3) is 4.46. The van der Waals surface area contributed by atoms with Crippen LogP contribution in [0.4, 0.5) is 17.1 Å². The molecule has 9 heteroatoms. The average molecular weight is 485 g/mol. The van der Waals surface area contributed by atoms with Crippen molar-refractivity contribution in [2.24, 2.45) is 0 Å². The topological polar surface area (TPSA) is 110 Å². The van der Waals surface area contributed by atoms with E-state index in [1.807, 2.05) is 0 Å². The summed E-state index contributed by atoms with van der Waals surface area (Å²) in [6, 6.07) is 17.4. The van der Waals surface area contributed by atoms with Gasteiger partial charge in [0.1, 0.15) is 5.69 Å². The lowest BCUT2D eigenvalue weighted by atomic mass is 9.91. The Labute approximate surface area is 207 Å². The number of anilines is 2. The zero-order chi connectivity index (χ0) is 26.0. The van der Waals surface area contributed by atoms with Crippen molar-refractivity contribution >= 4 is 46.5 Å². The third-order valence-electron chi connectivity index (χ3n) is 5.71. The third-order valence-corrected chi connectivity index (χ3v) is 5.71. The summed E-state index contributed by atoms with van der Waals surface area (Å²) in [5, 5.41) is 11.6. The lowest BCUT2D eigenvalue weighted by Gasteiger charge is -2.28. The molecule has 0 bridgehead atoms. The fraction of sp³-hybridized carbons (Fsp3) is 0.148. The second kappa shape index (κ2) is 9.83. The summed E-state index contributed by atoms with van der Waals surface area (Å²) in [5.41, 5.74) is 2.31. The maximum atomic E-state index is 13.6. The monoisotopic (exact) mass is 485 g/mol. The summed E-state index contributed by atoms with van der Waals surface area (Å²) in [4.78, 5) is 52.7. The summed E-state index contributed by atoms with van der Waals surface area (Å²) in [7, 11) is 3.41. The Morgan fingerprint density at radius 3 is 2.28 bits per heavy atom. The van der Waals surface area contributed by atoms with Crippen LogP contribution in [-0.4, -0.2) is 43.4 Å². The van der Waals surface area contributed by atoms with Crippen molar-refractivity contribution in [2.75, 3.05) is 30.5 Å². The number of benzene rings is 3. The number of rotatable bonds is 6. The van der Waals surface area contributed by atoms with Crippen LogP contribution in [0.5, 0.6) is 0 Å². The molecule has 0 spiro atoms. The van der Waals surface area contributed by atoms with Gasteiger partial charge in [-0.1, -0.05) is 24.3 Å². The zero-order valence-corrected chi connectivity index (χ0v) is 19.9. The molecule has 0 aromatic heterocycles. The molecule has 0 saturated carbocycles. The van der Waals surface area contributed by atoms with E-state index in [0.29, 0.717) is 27.9 Å². The second-order valence-corrected chi connectivity index (χ2v) is 8.22. The molecule has 2 amide bonds. The van der Waals surface area contributed by atoms with Crippen LogP contribution in [-0.2, 0) is 9.53 Å². The maximum Gasteiger partial charge on any atom is 0.338 e. The highest BCUT2D eigenvalue weighted by Crippen LogP contribution is 2.35. The number of imide groups is 1. The molecule has 1 aliphatic heterocycles. The molecule has 36 heavy (non-hydrogen) atoms. The minimum absolute atomic E-state index is 0.103. The van der Waals surface area contributed by atoms with Gasteiger partial charge in [0.05, 0.1) is 22.8 Å². The fourth-order valence-corrected chi connectivity index (χ4v) is 4.01. The Kier molecular flexibility index (Phi) is 6.64.